The van der Waals surface area contributed by atoms with Crippen molar-refractivity contribution in [3.63, 3.8) is 0 Å². The van der Waals surface area contributed by atoms with Crippen molar-refractivity contribution in [2.75, 3.05) is 42.3 Å². The fourth-order valence-electron chi connectivity index (χ4n) is 2.03. The average Bonchev–Trinajstić information content (AvgIpc) is 3.03. The van der Waals surface area contributed by atoms with Crippen LogP contribution < -0.4 is 10.2 Å². The predicted octanol–water partition coefficient (Wildman–Crippen LogP) is 2.71. The second-order valence-electron chi connectivity index (χ2n) is 4.80. The number of rotatable bonds is 5. The van der Waals surface area contributed by atoms with Gasteiger partial charge in [0, 0.05) is 22.3 Å². The Hall–Kier alpha value is -0.910. The number of anilines is 2. The number of amides is 1. The highest BCUT2D eigenvalue weighted by Crippen LogP contribution is 2.28. The molecular formula is C14H15IN4O2S2. The van der Waals surface area contributed by atoms with Crippen LogP contribution in [0.25, 0.3) is 0 Å². The van der Waals surface area contributed by atoms with Gasteiger partial charge in [0.15, 0.2) is 4.34 Å². The van der Waals surface area contributed by atoms with E-state index in [-0.39, 0.29) is 5.91 Å². The third-order valence-corrected chi connectivity index (χ3v) is 5.90. The lowest BCUT2D eigenvalue weighted by Crippen LogP contribution is -2.36. The topological polar surface area (TPSA) is 67.4 Å². The number of carbonyl (C=O) groups excluding carboxylic acids is 1. The molecule has 0 aliphatic carbocycles. The number of hydrogen-bond donors (Lipinski definition) is 1. The Balaban J connectivity index is 1.50. The lowest BCUT2D eigenvalue weighted by molar-refractivity contribution is -0.113. The molecule has 23 heavy (non-hydrogen) atoms. The van der Waals surface area contributed by atoms with Gasteiger partial charge in [-0.3, -0.25) is 4.79 Å². The molecule has 0 spiro atoms. The molecule has 2 heterocycles. The van der Waals surface area contributed by atoms with E-state index >= 15 is 0 Å². The molecule has 1 N–H and O–H groups in total. The van der Waals surface area contributed by atoms with Gasteiger partial charge in [0.2, 0.25) is 11.0 Å². The van der Waals surface area contributed by atoms with Crippen molar-refractivity contribution in [3.8, 4) is 0 Å². The van der Waals surface area contributed by atoms with Gasteiger partial charge in [-0.15, -0.1) is 10.2 Å². The number of aromatic nitrogens is 2. The molecule has 3 rings (SSSR count). The Morgan fingerprint density at radius 1 is 1.39 bits per heavy atom. The Morgan fingerprint density at radius 2 is 2.22 bits per heavy atom. The predicted molar refractivity (Wildman–Crippen MR) is 101 cm³/mol. The minimum Gasteiger partial charge on any atom is -0.378 e. The highest BCUT2D eigenvalue weighted by Gasteiger charge is 2.16. The van der Waals surface area contributed by atoms with Gasteiger partial charge in [-0.1, -0.05) is 29.2 Å². The van der Waals surface area contributed by atoms with Crippen molar-refractivity contribution in [2.24, 2.45) is 0 Å². The first-order valence-electron chi connectivity index (χ1n) is 7.05. The summed E-state index contributed by atoms with van der Waals surface area (Å²) in [5, 5.41) is 12.1. The first-order valence-corrected chi connectivity index (χ1v) is 9.93. The molecule has 0 bridgehead atoms. The van der Waals surface area contributed by atoms with Crippen LogP contribution in [-0.2, 0) is 9.53 Å². The van der Waals surface area contributed by atoms with E-state index in [1.165, 1.54) is 23.1 Å². The zero-order chi connectivity index (χ0) is 16.1. The van der Waals surface area contributed by atoms with E-state index in [1.54, 1.807) is 0 Å². The van der Waals surface area contributed by atoms with Crippen molar-refractivity contribution in [3.05, 3.63) is 27.8 Å². The van der Waals surface area contributed by atoms with Gasteiger partial charge in [0.1, 0.15) is 0 Å². The SMILES string of the molecule is O=C(CSc1nnc(N2CCOCC2)s1)Nc1cccc(I)c1. The van der Waals surface area contributed by atoms with E-state index in [4.69, 9.17) is 4.74 Å². The Labute approximate surface area is 156 Å². The number of thioether (sulfide) groups is 1. The summed E-state index contributed by atoms with van der Waals surface area (Å²) in [4.78, 5) is 14.2. The zero-order valence-corrected chi connectivity index (χ0v) is 16.0. The van der Waals surface area contributed by atoms with Gasteiger partial charge in [0.05, 0.1) is 19.0 Å². The maximum atomic E-state index is 12.0. The van der Waals surface area contributed by atoms with Crippen LogP contribution in [0.3, 0.4) is 0 Å². The first-order chi connectivity index (χ1) is 11.2. The summed E-state index contributed by atoms with van der Waals surface area (Å²) in [5.41, 5.74) is 0.814. The summed E-state index contributed by atoms with van der Waals surface area (Å²) >= 11 is 5.15. The fraction of sp³-hybridized carbons (Fsp3) is 0.357. The Kier molecular flexibility index (Phi) is 6.08. The third-order valence-electron chi connectivity index (χ3n) is 3.11. The molecule has 0 saturated carbocycles. The van der Waals surface area contributed by atoms with Gasteiger partial charge in [-0.05, 0) is 40.8 Å². The van der Waals surface area contributed by atoms with E-state index in [1.807, 2.05) is 24.3 Å². The van der Waals surface area contributed by atoms with Crippen LogP contribution in [0.15, 0.2) is 28.6 Å². The minimum absolute atomic E-state index is 0.0416. The van der Waals surface area contributed by atoms with Crippen molar-refractivity contribution in [1.29, 1.82) is 0 Å². The van der Waals surface area contributed by atoms with Crippen LogP contribution in [0.1, 0.15) is 0 Å². The maximum absolute atomic E-state index is 12.0. The minimum atomic E-state index is -0.0416. The first kappa shape index (κ1) is 16.9. The number of nitrogens with one attached hydrogen (secondary N) is 1. The van der Waals surface area contributed by atoms with E-state index in [2.05, 4.69) is 43.0 Å². The van der Waals surface area contributed by atoms with Crippen molar-refractivity contribution in [2.45, 2.75) is 4.34 Å². The highest BCUT2D eigenvalue weighted by molar-refractivity contribution is 14.1. The Morgan fingerprint density at radius 3 is 3.00 bits per heavy atom. The molecule has 0 radical (unpaired) electrons. The van der Waals surface area contributed by atoms with E-state index in [0.717, 1.165) is 45.0 Å². The largest absolute Gasteiger partial charge is 0.378 e. The quantitative estimate of drug-likeness (QED) is 0.545. The molecule has 1 fully saturated rings. The molecule has 1 aromatic heterocycles. The zero-order valence-electron chi connectivity index (χ0n) is 12.2. The molecule has 6 nitrogen and oxygen atoms in total. The average molecular weight is 462 g/mol. The van der Waals surface area contributed by atoms with Crippen LogP contribution in [-0.4, -0.2) is 48.2 Å². The van der Waals surface area contributed by atoms with Gasteiger partial charge >= 0.3 is 0 Å². The van der Waals surface area contributed by atoms with Crippen molar-refractivity contribution in [1.82, 2.24) is 10.2 Å². The summed E-state index contributed by atoms with van der Waals surface area (Å²) in [5.74, 6) is 0.281. The smallest absolute Gasteiger partial charge is 0.234 e. The standard InChI is InChI=1S/C14H15IN4O2S2/c15-10-2-1-3-11(8-10)16-12(20)9-22-14-18-17-13(23-14)19-4-6-21-7-5-19/h1-3,8H,4-7,9H2,(H,16,20). The van der Waals surface area contributed by atoms with Gasteiger partial charge in [0.25, 0.3) is 0 Å². The molecular weight excluding hydrogens is 447 g/mol. The molecule has 2 aromatic rings. The number of benzene rings is 1. The summed E-state index contributed by atoms with van der Waals surface area (Å²) in [6, 6.07) is 7.72. The van der Waals surface area contributed by atoms with Crippen LogP contribution in [0, 0.1) is 3.57 Å². The van der Waals surface area contributed by atoms with Gasteiger partial charge in [-0.25, -0.2) is 0 Å². The number of hydrogen-bond acceptors (Lipinski definition) is 7. The van der Waals surface area contributed by atoms with Crippen LogP contribution in [0.2, 0.25) is 0 Å². The summed E-state index contributed by atoms with van der Waals surface area (Å²) in [6.45, 7) is 3.12. The number of nitrogens with zero attached hydrogens (tertiary/aromatic N) is 3. The molecule has 1 aliphatic heterocycles. The molecule has 122 valence electrons. The van der Waals surface area contributed by atoms with Crippen molar-refractivity contribution >= 4 is 62.4 Å². The number of ether oxygens (including phenoxy) is 1. The van der Waals surface area contributed by atoms with Crippen LogP contribution in [0.5, 0.6) is 0 Å². The third kappa shape index (κ3) is 5.03. The van der Waals surface area contributed by atoms with E-state index in [9.17, 15) is 4.79 Å². The maximum Gasteiger partial charge on any atom is 0.234 e. The molecule has 1 saturated heterocycles. The number of carbonyl (C=O) groups is 1. The van der Waals surface area contributed by atoms with E-state index in [0.29, 0.717) is 5.75 Å². The lowest BCUT2D eigenvalue weighted by Gasteiger charge is -2.25. The molecule has 1 amide bonds. The summed E-state index contributed by atoms with van der Waals surface area (Å²) in [6.07, 6.45) is 0. The molecule has 1 aromatic carbocycles. The lowest BCUT2D eigenvalue weighted by atomic mass is 10.3. The van der Waals surface area contributed by atoms with Gasteiger partial charge < -0.3 is 15.0 Å². The summed E-state index contributed by atoms with van der Waals surface area (Å²) in [7, 11) is 0. The Bertz CT molecular complexity index is 676. The summed E-state index contributed by atoms with van der Waals surface area (Å²) < 4.78 is 7.23. The van der Waals surface area contributed by atoms with Crippen LogP contribution in [0.4, 0.5) is 10.8 Å². The van der Waals surface area contributed by atoms with Crippen molar-refractivity contribution < 1.29 is 9.53 Å². The second kappa shape index (κ2) is 8.27. The van der Waals surface area contributed by atoms with Crippen LogP contribution >= 0.6 is 45.7 Å². The number of morpholine rings is 1. The fourth-order valence-corrected chi connectivity index (χ4v) is 4.27. The molecule has 1 aliphatic rings. The second-order valence-corrected chi connectivity index (χ2v) is 8.22. The highest BCUT2D eigenvalue weighted by atomic mass is 127. The normalized spacial score (nSPS) is 14.7. The van der Waals surface area contributed by atoms with E-state index < -0.39 is 0 Å². The molecule has 0 unspecified atom stereocenters. The molecule has 0 atom stereocenters. The monoisotopic (exact) mass is 462 g/mol. The molecule has 9 heteroatoms. The number of halogens is 1. The van der Waals surface area contributed by atoms with Gasteiger partial charge in [-0.2, -0.15) is 0 Å².